The van der Waals surface area contributed by atoms with Gasteiger partial charge in [0.25, 0.3) is 0 Å². The second kappa shape index (κ2) is 8.61. The van der Waals surface area contributed by atoms with E-state index in [0.717, 1.165) is 0 Å². The van der Waals surface area contributed by atoms with Gasteiger partial charge in [0.2, 0.25) is 5.60 Å². The number of hydrogen-bond donors (Lipinski definition) is 0. The van der Waals surface area contributed by atoms with Crippen molar-refractivity contribution in [3.63, 3.8) is 0 Å². The van der Waals surface area contributed by atoms with Crippen LogP contribution >= 0.6 is 0 Å². The highest BCUT2D eigenvalue weighted by Gasteiger charge is 2.76. The van der Waals surface area contributed by atoms with Crippen LogP contribution in [0.5, 0.6) is 0 Å². The molecule has 1 aromatic carbocycles. The van der Waals surface area contributed by atoms with Crippen molar-refractivity contribution in [1.82, 2.24) is 0 Å². The minimum atomic E-state index is -1.18. The lowest BCUT2D eigenvalue weighted by molar-refractivity contribution is -0.183. The average Bonchev–Trinajstić information content (AvgIpc) is 3.27. The molecule has 1 aromatic rings. The van der Waals surface area contributed by atoms with Crippen molar-refractivity contribution in [2.24, 2.45) is 22.7 Å². The molecule has 35 heavy (non-hydrogen) atoms. The molecule has 3 aliphatic rings. The summed E-state index contributed by atoms with van der Waals surface area (Å²) in [4.78, 5) is 26.1. The lowest BCUT2D eigenvalue weighted by Gasteiger charge is -2.34. The fourth-order valence-electron chi connectivity index (χ4n) is 6.59. The third-order valence-corrected chi connectivity index (χ3v) is 10.2. The number of esters is 2. The lowest BCUT2D eigenvalue weighted by Crippen LogP contribution is -2.49. The van der Waals surface area contributed by atoms with Crippen LogP contribution in [0.25, 0.3) is 0 Å². The van der Waals surface area contributed by atoms with Crippen LogP contribution in [-0.4, -0.2) is 37.4 Å². The molecule has 0 spiro atoms. The number of carbonyl (C=O) groups is 2. The fourth-order valence-corrected chi connectivity index (χ4v) is 6.59. The smallest absolute Gasteiger partial charge is 0.351 e. The van der Waals surface area contributed by atoms with Crippen molar-refractivity contribution in [3.8, 4) is 0 Å². The molecule has 4 rings (SSSR count). The predicted molar refractivity (Wildman–Crippen MR) is 136 cm³/mol. The van der Waals surface area contributed by atoms with E-state index in [1.54, 1.807) is 0 Å². The molecular formula is C30H44O5. The molecule has 5 nitrogen and oxygen atoms in total. The van der Waals surface area contributed by atoms with E-state index >= 15 is 0 Å². The largest absolute Gasteiger partial charge is 0.462 e. The Morgan fingerprint density at radius 1 is 0.971 bits per heavy atom. The third-order valence-electron chi connectivity index (χ3n) is 10.2. The molecule has 0 amide bonds. The molecule has 3 fully saturated rings. The van der Waals surface area contributed by atoms with Gasteiger partial charge >= 0.3 is 11.9 Å². The van der Waals surface area contributed by atoms with Crippen LogP contribution in [0.1, 0.15) is 104 Å². The Balaban J connectivity index is 1.58. The number of ether oxygens (including phenoxy) is 3. The molecule has 1 heterocycles. The molecule has 0 N–H and O–H groups in total. The van der Waals surface area contributed by atoms with Crippen molar-refractivity contribution in [2.45, 2.75) is 98.0 Å². The van der Waals surface area contributed by atoms with Crippen molar-refractivity contribution in [3.05, 3.63) is 34.9 Å². The lowest BCUT2D eigenvalue weighted by atomic mass is 9.66. The predicted octanol–water partition coefficient (Wildman–Crippen LogP) is 6.14. The van der Waals surface area contributed by atoms with Gasteiger partial charge in [-0.25, -0.2) is 4.79 Å². The van der Waals surface area contributed by atoms with E-state index in [4.69, 9.17) is 14.2 Å². The van der Waals surface area contributed by atoms with Crippen LogP contribution in [0, 0.1) is 22.7 Å². The number of hydrogen-bond acceptors (Lipinski definition) is 5. The molecule has 4 unspecified atom stereocenters. The van der Waals surface area contributed by atoms with E-state index in [2.05, 4.69) is 52.8 Å². The SMILES string of the molecule is CCOCC1C(COC(=O)[C@@]23CCC(C)(C(=O)O2)C3(C)C)C1(C)c1cc(C(C)C)cc(C(C)C)c1. The van der Waals surface area contributed by atoms with Gasteiger partial charge in [0.15, 0.2) is 0 Å². The van der Waals surface area contributed by atoms with E-state index in [1.165, 1.54) is 16.7 Å². The highest BCUT2D eigenvalue weighted by molar-refractivity contribution is 5.93. The second-order valence-corrected chi connectivity index (χ2v) is 12.6. The summed E-state index contributed by atoms with van der Waals surface area (Å²) in [6, 6.07) is 6.99. The first kappa shape index (κ1) is 26.2. The first-order valence-electron chi connectivity index (χ1n) is 13.4. The summed E-state index contributed by atoms with van der Waals surface area (Å²) >= 11 is 0. The number of carbonyl (C=O) groups excluding carboxylic acids is 2. The summed E-state index contributed by atoms with van der Waals surface area (Å²) in [5.74, 6) is 0.633. The first-order chi connectivity index (χ1) is 16.3. The van der Waals surface area contributed by atoms with Crippen LogP contribution in [0.15, 0.2) is 18.2 Å². The quantitative estimate of drug-likeness (QED) is 0.394. The minimum Gasteiger partial charge on any atom is -0.462 e. The molecule has 2 aliphatic carbocycles. The molecule has 5 atom stereocenters. The molecule has 0 aromatic heterocycles. The molecule has 0 radical (unpaired) electrons. The maximum absolute atomic E-state index is 13.5. The molecule has 2 bridgehead atoms. The monoisotopic (exact) mass is 484 g/mol. The zero-order valence-corrected chi connectivity index (χ0v) is 23.1. The maximum Gasteiger partial charge on any atom is 0.351 e. The standard InChI is InChI=1S/C30H44O5/c1-10-33-16-23-24(29(23,9)22-14-20(18(2)3)13-21(15-22)19(4)5)17-34-26(32)30-12-11-28(8,25(31)35-30)27(30,6)7/h13-15,18-19,23-24H,10-12,16-17H2,1-9H3/t23?,24?,28?,29?,30-/m1/s1. The van der Waals surface area contributed by atoms with Crippen LogP contribution in [-0.2, 0) is 29.2 Å². The van der Waals surface area contributed by atoms with Gasteiger partial charge in [-0.05, 0) is 61.1 Å². The Morgan fingerprint density at radius 3 is 2.00 bits per heavy atom. The highest BCUT2D eigenvalue weighted by Crippen LogP contribution is 2.66. The summed E-state index contributed by atoms with van der Waals surface area (Å²) in [7, 11) is 0. The van der Waals surface area contributed by atoms with E-state index in [1.807, 2.05) is 27.7 Å². The second-order valence-electron chi connectivity index (χ2n) is 12.6. The summed E-state index contributed by atoms with van der Waals surface area (Å²) in [5.41, 5.74) is 1.45. The van der Waals surface area contributed by atoms with Gasteiger partial charge in [0, 0.05) is 23.4 Å². The summed E-state index contributed by atoms with van der Waals surface area (Å²) in [6.07, 6.45) is 1.18. The fraction of sp³-hybridized carbons (Fsp3) is 0.733. The van der Waals surface area contributed by atoms with Gasteiger partial charge in [0.1, 0.15) is 0 Å². The van der Waals surface area contributed by atoms with Gasteiger partial charge < -0.3 is 14.2 Å². The van der Waals surface area contributed by atoms with Crippen molar-refractivity contribution in [2.75, 3.05) is 19.8 Å². The number of rotatable bonds is 9. The zero-order chi connectivity index (χ0) is 26.0. The molecule has 194 valence electrons. The third kappa shape index (κ3) is 3.67. The number of fused-ring (bicyclic) bond motifs is 2. The van der Waals surface area contributed by atoms with Gasteiger partial charge in [-0.3, -0.25) is 4.79 Å². The van der Waals surface area contributed by atoms with Crippen molar-refractivity contribution >= 4 is 11.9 Å². The number of benzene rings is 1. The van der Waals surface area contributed by atoms with Crippen molar-refractivity contribution < 1.29 is 23.8 Å². The molecule has 5 heteroatoms. The van der Waals surface area contributed by atoms with Crippen LogP contribution in [0.2, 0.25) is 0 Å². The Hall–Kier alpha value is -1.88. The van der Waals surface area contributed by atoms with E-state index in [0.29, 0.717) is 44.5 Å². The minimum absolute atomic E-state index is 0.131. The van der Waals surface area contributed by atoms with E-state index in [9.17, 15) is 9.59 Å². The van der Waals surface area contributed by atoms with E-state index in [-0.39, 0.29) is 29.2 Å². The topological polar surface area (TPSA) is 61.8 Å². The zero-order valence-electron chi connectivity index (χ0n) is 23.1. The van der Waals surface area contributed by atoms with E-state index < -0.39 is 16.4 Å². The summed E-state index contributed by atoms with van der Waals surface area (Å²) in [6.45, 7) is 20.7. The maximum atomic E-state index is 13.5. The van der Waals surface area contributed by atoms with Gasteiger partial charge in [0.05, 0.1) is 18.6 Å². The molecule has 2 saturated carbocycles. The van der Waals surface area contributed by atoms with Gasteiger partial charge in [-0.2, -0.15) is 0 Å². The van der Waals surface area contributed by atoms with Crippen LogP contribution in [0.4, 0.5) is 0 Å². The summed E-state index contributed by atoms with van der Waals surface area (Å²) < 4.78 is 17.6. The van der Waals surface area contributed by atoms with Crippen LogP contribution < -0.4 is 0 Å². The van der Waals surface area contributed by atoms with Crippen molar-refractivity contribution in [1.29, 1.82) is 0 Å². The van der Waals surface area contributed by atoms with Gasteiger partial charge in [-0.1, -0.05) is 66.7 Å². The Kier molecular flexibility index (Phi) is 6.44. The Labute approximate surface area is 211 Å². The molecule has 1 aliphatic heterocycles. The van der Waals surface area contributed by atoms with Gasteiger partial charge in [-0.15, -0.1) is 0 Å². The highest BCUT2D eigenvalue weighted by atomic mass is 16.6. The normalized spacial score (nSPS) is 35.0. The molecule has 1 saturated heterocycles. The van der Waals surface area contributed by atoms with Crippen LogP contribution in [0.3, 0.4) is 0 Å². The Morgan fingerprint density at radius 2 is 1.54 bits per heavy atom. The summed E-state index contributed by atoms with van der Waals surface area (Å²) in [5, 5.41) is 0. The average molecular weight is 485 g/mol. The molecular weight excluding hydrogens is 440 g/mol. The first-order valence-corrected chi connectivity index (χ1v) is 13.4. The Bertz CT molecular complexity index is 984.